The molecule has 3 fully saturated rings. The van der Waals surface area contributed by atoms with Gasteiger partial charge in [-0.25, -0.2) is 9.18 Å². The smallest absolute Gasteiger partial charge is 0.329 e. The lowest BCUT2D eigenvalue weighted by atomic mass is 9.87. The number of hydrogen-bond donors (Lipinski definition) is 1. The summed E-state index contributed by atoms with van der Waals surface area (Å²) in [7, 11) is 6.57. The minimum absolute atomic E-state index is 0.0381. The molecule has 59 heavy (non-hydrogen) atoms. The fourth-order valence-corrected chi connectivity index (χ4v) is 9.09. The molecule has 0 aliphatic carbocycles. The zero-order chi connectivity index (χ0) is 41.7. The van der Waals surface area contributed by atoms with Crippen LogP contribution >= 0.6 is 0 Å². The van der Waals surface area contributed by atoms with Gasteiger partial charge in [-0.1, -0.05) is 12.1 Å². The van der Waals surface area contributed by atoms with Gasteiger partial charge in [0.15, 0.2) is 5.76 Å². The summed E-state index contributed by atoms with van der Waals surface area (Å²) in [6.45, 7) is 6.53. The van der Waals surface area contributed by atoms with Gasteiger partial charge in [0, 0.05) is 115 Å². The number of aryl methyl sites for hydroxylation is 1. The molecule has 3 aromatic carbocycles. The van der Waals surface area contributed by atoms with Gasteiger partial charge in [0.2, 0.25) is 17.7 Å². The van der Waals surface area contributed by atoms with E-state index in [4.69, 9.17) is 9.15 Å². The molecule has 3 aliphatic rings. The van der Waals surface area contributed by atoms with E-state index in [0.29, 0.717) is 47.5 Å². The van der Waals surface area contributed by atoms with Gasteiger partial charge in [0.1, 0.15) is 23.2 Å². The number of para-hydroxylation sites is 1. The number of aromatic nitrogens is 2. The molecule has 5 aromatic rings. The van der Waals surface area contributed by atoms with E-state index in [1.165, 1.54) is 22.5 Å². The predicted octanol–water partition coefficient (Wildman–Crippen LogP) is 4.67. The summed E-state index contributed by atoms with van der Waals surface area (Å²) in [6.07, 6.45) is 2.67. The molecular formula is C44H50FN7O7. The van der Waals surface area contributed by atoms with Gasteiger partial charge >= 0.3 is 5.69 Å². The number of imide groups is 1. The molecule has 0 radical (unpaired) electrons. The molecule has 3 aliphatic heterocycles. The Hall–Kier alpha value is -5.96. The van der Waals surface area contributed by atoms with Crippen LogP contribution in [-0.2, 0) is 27.9 Å². The molecule has 8 rings (SSSR count). The summed E-state index contributed by atoms with van der Waals surface area (Å²) in [4.78, 5) is 71.1. The third kappa shape index (κ3) is 7.36. The molecule has 1 N–H and O–H groups in total. The van der Waals surface area contributed by atoms with Crippen molar-refractivity contribution in [3.05, 3.63) is 81.7 Å². The topological polar surface area (TPSA) is 143 Å². The standard InChI is InChI=1S/C44H50FN7O7/c1-26(53)51-16-7-9-28(25-51)31-23-32(41-33(39(31)45)24-37(59-41)43(56)47(2)3)30-12-11-29(22-36(30)58-5)50-20-18-49(19-21-50)17-15-27-8-6-10-34-40(27)48(4)44(57)52(34)35-13-14-38(54)46-42(35)55/h6,8,10-12,22-24,28,35H,7,9,13-21,25H2,1-5H3,(H,46,54,55)/t28-,35?/m1/s1. The number of hydrogen-bond acceptors (Lipinski definition) is 9. The summed E-state index contributed by atoms with van der Waals surface area (Å²) in [6, 6.07) is 14.3. The molecule has 1 unspecified atom stereocenters. The zero-order valence-corrected chi connectivity index (χ0v) is 34.2. The molecule has 0 spiro atoms. The van der Waals surface area contributed by atoms with E-state index < -0.39 is 17.8 Å². The van der Waals surface area contributed by atoms with Crippen molar-refractivity contribution in [2.75, 3.05) is 71.9 Å². The number of piperazine rings is 1. The van der Waals surface area contributed by atoms with Crippen molar-refractivity contribution in [1.82, 2.24) is 29.2 Å². The van der Waals surface area contributed by atoms with E-state index in [2.05, 4.69) is 15.1 Å². The number of piperidine rings is 2. The highest BCUT2D eigenvalue weighted by atomic mass is 19.1. The second-order valence-corrected chi connectivity index (χ2v) is 16.1. The van der Waals surface area contributed by atoms with Gasteiger partial charge in [0.05, 0.1) is 23.5 Å². The van der Waals surface area contributed by atoms with Crippen molar-refractivity contribution >= 4 is 51.3 Å². The number of likely N-dealkylation sites (tertiary alicyclic amines) is 1. The van der Waals surface area contributed by atoms with Gasteiger partial charge in [-0.15, -0.1) is 0 Å². The maximum absolute atomic E-state index is 16.5. The summed E-state index contributed by atoms with van der Waals surface area (Å²) >= 11 is 0. The number of carbonyl (C=O) groups is 4. The molecule has 310 valence electrons. The van der Waals surface area contributed by atoms with Gasteiger partial charge < -0.3 is 23.9 Å². The monoisotopic (exact) mass is 807 g/mol. The summed E-state index contributed by atoms with van der Waals surface area (Å²) in [5.41, 5.74) is 5.26. The first kappa shape index (κ1) is 39.8. The fourth-order valence-electron chi connectivity index (χ4n) is 9.09. The van der Waals surface area contributed by atoms with E-state index in [9.17, 15) is 24.0 Å². The Morgan fingerprint density at radius 1 is 0.983 bits per heavy atom. The summed E-state index contributed by atoms with van der Waals surface area (Å²) < 4.78 is 31.7. The number of anilines is 1. The lowest BCUT2D eigenvalue weighted by Gasteiger charge is -2.36. The second-order valence-electron chi connectivity index (χ2n) is 16.1. The van der Waals surface area contributed by atoms with Crippen molar-refractivity contribution in [3.63, 3.8) is 0 Å². The highest BCUT2D eigenvalue weighted by Crippen LogP contribution is 2.43. The van der Waals surface area contributed by atoms with Crippen LogP contribution in [0.15, 0.2) is 57.7 Å². The Kier molecular flexibility index (Phi) is 10.8. The van der Waals surface area contributed by atoms with Crippen LogP contribution in [-0.4, -0.2) is 114 Å². The van der Waals surface area contributed by atoms with Gasteiger partial charge in [0.25, 0.3) is 5.91 Å². The molecule has 14 nitrogen and oxygen atoms in total. The van der Waals surface area contributed by atoms with Gasteiger partial charge in [-0.05, 0) is 61.1 Å². The Bertz CT molecular complexity index is 2550. The van der Waals surface area contributed by atoms with Crippen molar-refractivity contribution in [3.8, 4) is 16.9 Å². The number of nitrogens with one attached hydrogen (secondary N) is 1. The molecule has 4 amide bonds. The number of amides is 4. The third-order valence-electron chi connectivity index (χ3n) is 12.3. The van der Waals surface area contributed by atoms with E-state index in [1.807, 2.05) is 36.4 Å². The van der Waals surface area contributed by atoms with Crippen molar-refractivity contribution in [1.29, 1.82) is 0 Å². The number of rotatable bonds is 9. The van der Waals surface area contributed by atoms with Gasteiger partial charge in [-0.2, -0.15) is 0 Å². The highest BCUT2D eigenvalue weighted by molar-refractivity contribution is 6.02. The molecule has 2 aromatic heterocycles. The molecular weight excluding hydrogens is 758 g/mol. The SMILES string of the molecule is COc1cc(N2CCN(CCc3cccc4c3n(C)c(=O)n4C3CCC(=O)NC3=O)CC2)ccc1-c1cc([C@@H]2CCCN(C(C)=O)C2)c(F)c2cc(C(=O)N(C)C)oc12. The number of nitrogens with zero attached hydrogens (tertiary/aromatic N) is 6. The number of halogens is 1. The average Bonchev–Trinajstić information content (AvgIpc) is 3.79. The number of methoxy groups -OCH3 is 1. The Morgan fingerprint density at radius 2 is 1.76 bits per heavy atom. The van der Waals surface area contributed by atoms with Crippen molar-refractivity contribution in [2.24, 2.45) is 7.05 Å². The van der Waals surface area contributed by atoms with Crippen LogP contribution in [0.4, 0.5) is 10.1 Å². The van der Waals surface area contributed by atoms with Crippen LogP contribution in [0.25, 0.3) is 33.1 Å². The Balaban J connectivity index is 1.01. The van der Waals surface area contributed by atoms with Crippen molar-refractivity contribution in [2.45, 2.75) is 51.0 Å². The van der Waals surface area contributed by atoms with Crippen LogP contribution < -0.4 is 20.6 Å². The average molecular weight is 808 g/mol. The number of carbonyl (C=O) groups excluding carboxylic acids is 4. The molecule has 5 heterocycles. The maximum Gasteiger partial charge on any atom is 0.329 e. The maximum atomic E-state index is 16.5. The lowest BCUT2D eigenvalue weighted by molar-refractivity contribution is -0.135. The molecule has 0 bridgehead atoms. The number of benzene rings is 3. The Labute approximate surface area is 341 Å². The lowest BCUT2D eigenvalue weighted by Crippen LogP contribution is -2.47. The largest absolute Gasteiger partial charge is 0.496 e. The normalized spacial score (nSPS) is 19.1. The minimum atomic E-state index is -0.729. The highest BCUT2D eigenvalue weighted by Gasteiger charge is 2.33. The van der Waals surface area contributed by atoms with Gasteiger partial charge in [-0.3, -0.25) is 38.5 Å². The first-order valence-corrected chi connectivity index (χ1v) is 20.3. The van der Waals surface area contributed by atoms with E-state index in [-0.39, 0.29) is 58.9 Å². The number of ether oxygens (including phenoxy) is 1. The second kappa shape index (κ2) is 16.0. The summed E-state index contributed by atoms with van der Waals surface area (Å²) in [5, 5.41) is 2.59. The number of fused-ring (bicyclic) bond motifs is 2. The molecule has 0 saturated carbocycles. The van der Waals surface area contributed by atoms with Crippen LogP contribution in [0.5, 0.6) is 5.75 Å². The van der Waals surface area contributed by atoms with E-state index in [1.54, 1.807) is 43.8 Å². The molecule has 3 saturated heterocycles. The predicted molar refractivity (Wildman–Crippen MR) is 221 cm³/mol. The third-order valence-corrected chi connectivity index (χ3v) is 12.3. The number of furan rings is 1. The summed E-state index contributed by atoms with van der Waals surface area (Å²) in [5.74, 6) is -1.23. The first-order chi connectivity index (χ1) is 28.3. The zero-order valence-electron chi connectivity index (χ0n) is 34.2. The van der Waals surface area contributed by atoms with Crippen LogP contribution in [0.2, 0.25) is 0 Å². The van der Waals surface area contributed by atoms with Crippen LogP contribution in [0.1, 0.15) is 66.2 Å². The fraction of sp³-hybridized carbons (Fsp3) is 0.432. The molecule has 15 heteroatoms. The molecule has 2 atom stereocenters. The Morgan fingerprint density at radius 3 is 2.47 bits per heavy atom. The van der Waals surface area contributed by atoms with Crippen molar-refractivity contribution < 1.29 is 32.7 Å². The van der Waals surface area contributed by atoms with E-state index >= 15 is 4.39 Å². The minimum Gasteiger partial charge on any atom is -0.496 e. The quantitative estimate of drug-likeness (QED) is 0.211. The van der Waals surface area contributed by atoms with Crippen LogP contribution in [0, 0.1) is 5.82 Å². The van der Waals surface area contributed by atoms with E-state index in [0.717, 1.165) is 62.3 Å². The van der Waals surface area contributed by atoms with Crippen LogP contribution in [0.3, 0.4) is 0 Å². The first-order valence-electron chi connectivity index (χ1n) is 20.3. The number of imidazole rings is 1.